The minimum absolute atomic E-state index is 0.175. The van der Waals surface area contributed by atoms with Crippen LogP contribution in [-0.4, -0.2) is 15.5 Å². The molecule has 0 saturated heterocycles. The average molecular weight is 390 g/mol. The van der Waals surface area contributed by atoms with Crippen molar-refractivity contribution >= 4 is 34.1 Å². The Balaban J connectivity index is 1.79. The zero-order valence-corrected chi connectivity index (χ0v) is 15.8. The number of hydrogen-bond donors (Lipinski definition) is 1. The quantitative estimate of drug-likeness (QED) is 0.557. The molecule has 0 bridgehead atoms. The van der Waals surface area contributed by atoms with E-state index in [9.17, 15) is 9.59 Å². The van der Waals surface area contributed by atoms with Crippen molar-refractivity contribution in [2.45, 2.75) is 6.92 Å². The summed E-state index contributed by atoms with van der Waals surface area (Å²) in [6.07, 6.45) is 0. The molecule has 4 aromatic rings. The zero-order valence-electron chi connectivity index (χ0n) is 15.0. The molecule has 1 aromatic heterocycles. The SMILES string of the molecule is Cc1nc2ccccc2c(=O)n1-c1ccc(Cl)c(NC(=O)c2ccccc2)c1. The first kappa shape index (κ1) is 17.9. The van der Waals surface area contributed by atoms with Crippen molar-refractivity contribution in [3.8, 4) is 5.69 Å². The van der Waals surface area contributed by atoms with Gasteiger partial charge in [0, 0.05) is 5.56 Å². The van der Waals surface area contributed by atoms with E-state index in [2.05, 4.69) is 10.3 Å². The van der Waals surface area contributed by atoms with Crippen molar-refractivity contribution in [1.82, 2.24) is 9.55 Å². The molecule has 28 heavy (non-hydrogen) atoms. The number of halogens is 1. The summed E-state index contributed by atoms with van der Waals surface area (Å²) in [7, 11) is 0. The molecule has 0 spiro atoms. The maximum atomic E-state index is 13.0. The van der Waals surface area contributed by atoms with Crippen LogP contribution in [0.15, 0.2) is 77.6 Å². The molecule has 0 aliphatic heterocycles. The van der Waals surface area contributed by atoms with Gasteiger partial charge in [-0.1, -0.05) is 41.9 Å². The standard InChI is InChI=1S/C22H16ClN3O2/c1-14-24-19-10-6-5-9-17(19)22(28)26(14)16-11-12-18(23)20(13-16)25-21(27)15-7-3-2-4-8-15/h2-13H,1H3,(H,25,27). The lowest BCUT2D eigenvalue weighted by atomic mass is 10.2. The lowest BCUT2D eigenvalue weighted by Gasteiger charge is -2.14. The van der Waals surface area contributed by atoms with Crippen LogP contribution in [0, 0.1) is 6.92 Å². The number of anilines is 1. The normalized spacial score (nSPS) is 10.8. The second kappa shape index (κ2) is 7.29. The summed E-state index contributed by atoms with van der Waals surface area (Å²) < 4.78 is 1.51. The molecule has 0 atom stereocenters. The van der Waals surface area contributed by atoms with E-state index in [0.717, 1.165) is 0 Å². The highest BCUT2D eigenvalue weighted by Crippen LogP contribution is 2.26. The number of amides is 1. The number of aromatic nitrogens is 2. The van der Waals surface area contributed by atoms with Gasteiger partial charge in [-0.15, -0.1) is 0 Å². The summed E-state index contributed by atoms with van der Waals surface area (Å²) >= 11 is 6.27. The van der Waals surface area contributed by atoms with Crippen molar-refractivity contribution in [3.63, 3.8) is 0 Å². The summed E-state index contributed by atoms with van der Waals surface area (Å²) in [5, 5.41) is 3.71. The Morgan fingerprint density at radius 1 is 1.00 bits per heavy atom. The van der Waals surface area contributed by atoms with E-state index in [0.29, 0.717) is 38.7 Å². The van der Waals surface area contributed by atoms with Crippen molar-refractivity contribution in [1.29, 1.82) is 0 Å². The third kappa shape index (κ3) is 3.28. The lowest BCUT2D eigenvalue weighted by molar-refractivity contribution is 0.102. The highest BCUT2D eigenvalue weighted by molar-refractivity contribution is 6.34. The molecule has 0 radical (unpaired) electrons. The number of fused-ring (bicyclic) bond motifs is 1. The first-order chi connectivity index (χ1) is 13.5. The summed E-state index contributed by atoms with van der Waals surface area (Å²) in [5.74, 6) is 0.270. The molecule has 0 aliphatic rings. The van der Waals surface area contributed by atoms with Gasteiger partial charge in [-0.25, -0.2) is 4.98 Å². The van der Waals surface area contributed by atoms with Crippen LogP contribution in [0.5, 0.6) is 0 Å². The number of hydrogen-bond acceptors (Lipinski definition) is 3. The summed E-state index contributed by atoms with van der Waals surface area (Å²) in [6, 6.07) is 21.1. The molecule has 3 aromatic carbocycles. The molecule has 5 nitrogen and oxygen atoms in total. The number of benzene rings is 3. The van der Waals surface area contributed by atoms with Crippen molar-refractivity contribution < 1.29 is 4.79 Å². The topological polar surface area (TPSA) is 64.0 Å². The Morgan fingerprint density at radius 3 is 2.50 bits per heavy atom. The smallest absolute Gasteiger partial charge is 0.265 e. The van der Waals surface area contributed by atoms with Crippen LogP contribution in [0.1, 0.15) is 16.2 Å². The molecule has 1 heterocycles. The number of para-hydroxylation sites is 1. The maximum absolute atomic E-state index is 13.0. The predicted molar refractivity (Wildman–Crippen MR) is 111 cm³/mol. The highest BCUT2D eigenvalue weighted by atomic mass is 35.5. The Morgan fingerprint density at radius 2 is 1.71 bits per heavy atom. The molecule has 4 rings (SSSR count). The van der Waals surface area contributed by atoms with Crippen LogP contribution in [0.4, 0.5) is 5.69 Å². The second-order valence-electron chi connectivity index (χ2n) is 6.30. The number of carbonyl (C=O) groups excluding carboxylic acids is 1. The van der Waals surface area contributed by atoms with Crippen LogP contribution in [0.3, 0.4) is 0 Å². The zero-order chi connectivity index (χ0) is 19.7. The van der Waals surface area contributed by atoms with Gasteiger partial charge in [-0.2, -0.15) is 0 Å². The molecule has 0 unspecified atom stereocenters. The molecule has 1 N–H and O–H groups in total. The van der Waals surface area contributed by atoms with E-state index in [1.54, 1.807) is 67.6 Å². The van der Waals surface area contributed by atoms with Crippen LogP contribution in [0.25, 0.3) is 16.6 Å². The van der Waals surface area contributed by atoms with Gasteiger partial charge in [-0.05, 0) is 49.4 Å². The fourth-order valence-corrected chi connectivity index (χ4v) is 3.24. The minimum atomic E-state index is -0.277. The van der Waals surface area contributed by atoms with Gasteiger partial charge in [0.05, 0.1) is 27.3 Å². The highest BCUT2D eigenvalue weighted by Gasteiger charge is 2.13. The molecular formula is C22H16ClN3O2. The third-order valence-electron chi connectivity index (χ3n) is 4.44. The first-order valence-electron chi connectivity index (χ1n) is 8.69. The molecule has 0 aliphatic carbocycles. The maximum Gasteiger partial charge on any atom is 0.265 e. The summed E-state index contributed by atoms with van der Waals surface area (Å²) in [4.78, 5) is 30.0. The summed E-state index contributed by atoms with van der Waals surface area (Å²) in [6.45, 7) is 1.77. The van der Waals surface area contributed by atoms with Crippen molar-refractivity contribution in [3.05, 3.63) is 99.6 Å². The molecule has 0 fully saturated rings. The number of nitrogens with zero attached hydrogens (tertiary/aromatic N) is 2. The molecular weight excluding hydrogens is 374 g/mol. The van der Waals surface area contributed by atoms with E-state index in [4.69, 9.17) is 11.6 Å². The largest absolute Gasteiger partial charge is 0.321 e. The number of nitrogens with one attached hydrogen (secondary N) is 1. The van der Waals surface area contributed by atoms with E-state index in [1.807, 2.05) is 12.1 Å². The fraction of sp³-hybridized carbons (Fsp3) is 0.0455. The molecule has 1 amide bonds. The Hall–Kier alpha value is -3.44. The van der Waals surface area contributed by atoms with E-state index >= 15 is 0 Å². The van der Waals surface area contributed by atoms with Gasteiger partial charge < -0.3 is 5.32 Å². The Labute approximate surface area is 166 Å². The second-order valence-corrected chi connectivity index (χ2v) is 6.71. The van der Waals surface area contributed by atoms with Gasteiger partial charge in [0.2, 0.25) is 0 Å². The fourth-order valence-electron chi connectivity index (χ4n) is 3.08. The van der Waals surface area contributed by atoms with Crippen LogP contribution >= 0.6 is 11.6 Å². The van der Waals surface area contributed by atoms with E-state index in [1.165, 1.54) is 4.57 Å². The molecule has 138 valence electrons. The molecule has 6 heteroatoms. The number of carbonyl (C=O) groups is 1. The van der Waals surface area contributed by atoms with E-state index < -0.39 is 0 Å². The Bertz CT molecular complexity index is 1250. The minimum Gasteiger partial charge on any atom is -0.321 e. The number of rotatable bonds is 3. The summed E-state index contributed by atoms with van der Waals surface area (Å²) in [5.41, 5.74) is 1.99. The van der Waals surface area contributed by atoms with Gasteiger partial charge in [-0.3, -0.25) is 14.2 Å². The van der Waals surface area contributed by atoms with Crippen LogP contribution < -0.4 is 10.9 Å². The van der Waals surface area contributed by atoms with Crippen molar-refractivity contribution in [2.75, 3.05) is 5.32 Å². The van der Waals surface area contributed by atoms with Crippen LogP contribution in [0.2, 0.25) is 5.02 Å². The van der Waals surface area contributed by atoms with E-state index in [-0.39, 0.29) is 11.5 Å². The predicted octanol–water partition coefficient (Wildman–Crippen LogP) is 4.60. The number of aryl methyl sites for hydroxylation is 1. The monoisotopic (exact) mass is 389 g/mol. The van der Waals surface area contributed by atoms with Crippen LogP contribution in [-0.2, 0) is 0 Å². The Kier molecular flexibility index (Phi) is 4.67. The average Bonchev–Trinajstić information content (AvgIpc) is 2.71. The lowest BCUT2D eigenvalue weighted by Crippen LogP contribution is -2.22. The third-order valence-corrected chi connectivity index (χ3v) is 4.77. The van der Waals surface area contributed by atoms with Crippen molar-refractivity contribution in [2.24, 2.45) is 0 Å². The first-order valence-corrected chi connectivity index (χ1v) is 9.07. The molecule has 0 saturated carbocycles. The van der Waals surface area contributed by atoms with Gasteiger partial charge in [0.1, 0.15) is 5.82 Å². The van der Waals surface area contributed by atoms with Gasteiger partial charge in [0.15, 0.2) is 0 Å². The van der Waals surface area contributed by atoms with Gasteiger partial charge >= 0.3 is 0 Å². The van der Waals surface area contributed by atoms with Gasteiger partial charge in [0.25, 0.3) is 11.5 Å².